The number of aromatic nitrogens is 1. The van der Waals surface area contributed by atoms with Crippen molar-refractivity contribution in [3.05, 3.63) is 16.1 Å². The highest BCUT2D eigenvalue weighted by molar-refractivity contribution is 7.09. The highest BCUT2D eigenvalue weighted by atomic mass is 32.1. The van der Waals surface area contributed by atoms with Gasteiger partial charge in [-0.2, -0.15) is 0 Å². The molecule has 1 aromatic rings. The fourth-order valence-corrected chi connectivity index (χ4v) is 3.17. The number of ether oxygens (including phenoxy) is 1. The maximum atomic E-state index is 5.80. The molecule has 3 nitrogen and oxygen atoms in total. The minimum atomic E-state index is 0.133. The van der Waals surface area contributed by atoms with Crippen LogP contribution in [-0.2, 0) is 16.6 Å². The van der Waals surface area contributed by atoms with Crippen LogP contribution < -0.4 is 5.32 Å². The van der Waals surface area contributed by atoms with Crippen LogP contribution in [0.2, 0.25) is 0 Å². The Hall–Kier alpha value is -0.450. The van der Waals surface area contributed by atoms with Crippen molar-refractivity contribution < 1.29 is 4.74 Å². The molecule has 4 heteroatoms. The van der Waals surface area contributed by atoms with Gasteiger partial charge < -0.3 is 10.1 Å². The van der Waals surface area contributed by atoms with Crippen LogP contribution in [0.3, 0.4) is 0 Å². The number of nitrogens with one attached hydrogen (secondary N) is 1. The molecule has 0 aromatic carbocycles. The number of likely N-dealkylation sites (N-methyl/N-ethyl adjacent to an activating group) is 1. The summed E-state index contributed by atoms with van der Waals surface area (Å²) in [7, 11) is 2.00. The van der Waals surface area contributed by atoms with E-state index in [1.54, 1.807) is 11.3 Å². The Labute approximate surface area is 121 Å². The summed E-state index contributed by atoms with van der Waals surface area (Å²) in [6.07, 6.45) is 2.23. The lowest BCUT2D eigenvalue weighted by molar-refractivity contribution is 0.0339. The first-order valence-corrected chi connectivity index (χ1v) is 8.04. The zero-order chi connectivity index (χ0) is 14.5. The van der Waals surface area contributed by atoms with E-state index in [1.165, 1.54) is 10.7 Å². The van der Waals surface area contributed by atoms with Crippen LogP contribution in [0.25, 0.3) is 0 Å². The molecule has 0 aliphatic rings. The van der Waals surface area contributed by atoms with Crippen molar-refractivity contribution in [2.24, 2.45) is 0 Å². The summed E-state index contributed by atoms with van der Waals surface area (Å²) >= 11 is 1.76. The number of hydrogen-bond acceptors (Lipinski definition) is 4. The molecule has 0 radical (unpaired) electrons. The van der Waals surface area contributed by atoms with Crippen LogP contribution in [0, 0.1) is 0 Å². The Morgan fingerprint density at radius 1 is 1.37 bits per heavy atom. The van der Waals surface area contributed by atoms with E-state index < -0.39 is 0 Å². The highest BCUT2D eigenvalue weighted by Crippen LogP contribution is 2.25. The molecule has 1 rings (SSSR count). The summed E-state index contributed by atoms with van der Waals surface area (Å²) in [5, 5.41) is 6.76. The topological polar surface area (TPSA) is 34.1 Å². The molecule has 0 saturated heterocycles. The van der Waals surface area contributed by atoms with Crippen molar-refractivity contribution in [1.29, 1.82) is 0 Å². The lowest BCUT2D eigenvalue weighted by atomic mass is 9.93. The fraction of sp³-hybridized carbons (Fsp3) is 0.800. The van der Waals surface area contributed by atoms with Crippen molar-refractivity contribution in [3.8, 4) is 0 Å². The second-order valence-electron chi connectivity index (χ2n) is 5.88. The lowest BCUT2D eigenvalue weighted by Gasteiger charge is -2.25. The number of nitrogens with zero attached hydrogens (tertiary/aromatic N) is 1. The first-order valence-electron chi connectivity index (χ1n) is 7.16. The number of rotatable bonds is 7. The average Bonchev–Trinajstić information content (AvgIpc) is 2.82. The zero-order valence-corrected chi connectivity index (χ0v) is 13.9. The van der Waals surface area contributed by atoms with Gasteiger partial charge in [0.1, 0.15) is 0 Å². The molecule has 2 unspecified atom stereocenters. The van der Waals surface area contributed by atoms with Gasteiger partial charge >= 0.3 is 0 Å². The predicted octanol–water partition coefficient (Wildman–Crippen LogP) is 3.39. The van der Waals surface area contributed by atoms with E-state index >= 15 is 0 Å². The van der Waals surface area contributed by atoms with Gasteiger partial charge in [0.05, 0.1) is 16.8 Å². The van der Waals surface area contributed by atoms with Gasteiger partial charge in [-0.1, -0.05) is 27.7 Å². The summed E-state index contributed by atoms with van der Waals surface area (Å²) in [5.74, 6) is 0. The molecule has 0 amide bonds. The van der Waals surface area contributed by atoms with E-state index in [1.807, 2.05) is 7.05 Å². The summed E-state index contributed by atoms with van der Waals surface area (Å²) in [6, 6.07) is 0.337. The maximum absolute atomic E-state index is 5.80. The van der Waals surface area contributed by atoms with Gasteiger partial charge in [0.15, 0.2) is 0 Å². The van der Waals surface area contributed by atoms with Crippen LogP contribution in [0.4, 0.5) is 0 Å². The highest BCUT2D eigenvalue weighted by Gasteiger charge is 2.22. The van der Waals surface area contributed by atoms with Crippen molar-refractivity contribution in [2.45, 2.75) is 65.0 Å². The molecule has 2 atom stereocenters. The zero-order valence-electron chi connectivity index (χ0n) is 13.1. The number of hydrogen-bond donors (Lipinski definition) is 1. The molecule has 0 spiro atoms. The van der Waals surface area contributed by atoms with Gasteiger partial charge in [-0.25, -0.2) is 4.98 Å². The molecular formula is C15H28N2OS. The quantitative estimate of drug-likeness (QED) is 0.833. The molecule has 1 aromatic heterocycles. The van der Waals surface area contributed by atoms with Gasteiger partial charge in [-0.15, -0.1) is 11.3 Å². The standard InChI is InChI=1S/C15H28N2OS/c1-7-12(18-8-2)11(16-6)9-14-17-13(10-19-14)15(3,4)5/h10-12,16H,7-9H2,1-6H3. The van der Waals surface area contributed by atoms with Gasteiger partial charge in [0.2, 0.25) is 0 Å². The fourth-order valence-electron chi connectivity index (χ4n) is 2.09. The SMILES string of the molecule is CCOC(CC)C(Cc1nc(C(C)(C)C)cs1)NC. The molecule has 0 aliphatic heterocycles. The third-order valence-electron chi connectivity index (χ3n) is 3.32. The molecule has 1 N–H and O–H groups in total. The second-order valence-corrected chi connectivity index (χ2v) is 6.82. The Bertz CT molecular complexity index is 370. The smallest absolute Gasteiger partial charge is 0.0945 e. The number of thiazole rings is 1. The van der Waals surface area contributed by atoms with Crippen molar-refractivity contribution in [1.82, 2.24) is 10.3 Å². The monoisotopic (exact) mass is 284 g/mol. The minimum Gasteiger partial charge on any atom is -0.377 e. The van der Waals surface area contributed by atoms with E-state index in [-0.39, 0.29) is 11.5 Å². The van der Waals surface area contributed by atoms with Crippen LogP contribution in [-0.4, -0.2) is 30.8 Å². The Morgan fingerprint density at radius 2 is 2.05 bits per heavy atom. The second kappa shape index (κ2) is 7.36. The summed E-state index contributed by atoms with van der Waals surface area (Å²) in [6.45, 7) is 11.6. The van der Waals surface area contributed by atoms with Crippen molar-refractivity contribution in [3.63, 3.8) is 0 Å². The third-order valence-corrected chi connectivity index (χ3v) is 4.19. The van der Waals surface area contributed by atoms with E-state index in [9.17, 15) is 0 Å². The molecule has 1 heterocycles. The van der Waals surface area contributed by atoms with E-state index in [0.29, 0.717) is 6.04 Å². The van der Waals surface area contributed by atoms with Gasteiger partial charge in [0.25, 0.3) is 0 Å². The average molecular weight is 284 g/mol. The molecule has 0 aliphatic carbocycles. The maximum Gasteiger partial charge on any atom is 0.0945 e. The normalized spacial score (nSPS) is 15.5. The Morgan fingerprint density at radius 3 is 2.47 bits per heavy atom. The Kier molecular flexibility index (Phi) is 6.43. The van der Waals surface area contributed by atoms with Gasteiger partial charge in [-0.05, 0) is 20.4 Å². The Balaban J connectivity index is 2.73. The van der Waals surface area contributed by atoms with Crippen LogP contribution in [0.1, 0.15) is 51.7 Å². The van der Waals surface area contributed by atoms with E-state index in [0.717, 1.165) is 19.4 Å². The summed E-state index contributed by atoms with van der Waals surface area (Å²) in [4.78, 5) is 4.77. The molecule has 110 valence electrons. The predicted molar refractivity (Wildman–Crippen MR) is 83.1 cm³/mol. The molecular weight excluding hydrogens is 256 g/mol. The lowest BCUT2D eigenvalue weighted by Crippen LogP contribution is -2.40. The summed E-state index contributed by atoms with van der Waals surface area (Å²) in [5.41, 5.74) is 1.32. The van der Waals surface area contributed by atoms with Gasteiger partial charge in [0, 0.05) is 29.9 Å². The molecule has 0 fully saturated rings. The largest absolute Gasteiger partial charge is 0.377 e. The van der Waals surface area contributed by atoms with Gasteiger partial charge in [-0.3, -0.25) is 0 Å². The van der Waals surface area contributed by atoms with Crippen LogP contribution in [0.5, 0.6) is 0 Å². The van der Waals surface area contributed by atoms with E-state index in [4.69, 9.17) is 9.72 Å². The summed E-state index contributed by atoms with van der Waals surface area (Å²) < 4.78 is 5.80. The van der Waals surface area contributed by atoms with Crippen LogP contribution >= 0.6 is 11.3 Å². The van der Waals surface area contributed by atoms with Crippen LogP contribution in [0.15, 0.2) is 5.38 Å². The first kappa shape index (κ1) is 16.6. The minimum absolute atomic E-state index is 0.133. The molecule has 19 heavy (non-hydrogen) atoms. The molecule has 0 bridgehead atoms. The van der Waals surface area contributed by atoms with Crippen molar-refractivity contribution in [2.75, 3.05) is 13.7 Å². The first-order chi connectivity index (χ1) is 8.92. The van der Waals surface area contributed by atoms with E-state index in [2.05, 4.69) is 45.3 Å². The van der Waals surface area contributed by atoms with Crippen molar-refractivity contribution >= 4 is 11.3 Å². The molecule has 0 saturated carbocycles. The third kappa shape index (κ3) is 4.86.